The number of aromatic nitrogens is 1. The Kier molecular flexibility index (Phi) is 7.01. The van der Waals surface area contributed by atoms with Crippen LogP contribution in [-0.2, 0) is 11.3 Å². The maximum absolute atomic E-state index is 13.1. The fraction of sp³-hybridized carbons (Fsp3) is 0.161. The molecule has 0 aliphatic rings. The second-order valence-electron chi connectivity index (χ2n) is 9.09. The lowest BCUT2D eigenvalue weighted by molar-refractivity contribution is -0.115. The van der Waals surface area contributed by atoms with Crippen molar-refractivity contribution < 1.29 is 9.59 Å². The van der Waals surface area contributed by atoms with Gasteiger partial charge >= 0.3 is 0 Å². The van der Waals surface area contributed by atoms with Crippen LogP contribution in [0.4, 0.5) is 11.4 Å². The van der Waals surface area contributed by atoms with Crippen molar-refractivity contribution in [2.45, 2.75) is 37.5 Å². The smallest absolute Gasteiger partial charge is 0.255 e. The van der Waals surface area contributed by atoms with Crippen LogP contribution in [0.3, 0.4) is 0 Å². The minimum atomic E-state index is -0.324. The number of benzene rings is 4. The van der Waals surface area contributed by atoms with Crippen molar-refractivity contribution >= 4 is 56.8 Å². The molecule has 0 saturated heterocycles. The zero-order valence-corrected chi connectivity index (χ0v) is 21.9. The first-order valence-corrected chi connectivity index (χ1v) is 13.3. The van der Waals surface area contributed by atoms with Crippen LogP contribution in [0, 0.1) is 6.92 Å². The molecule has 2 N–H and O–H groups in total. The van der Waals surface area contributed by atoms with E-state index >= 15 is 0 Å². The average molecular weight is 508 g/mol. The lowest BCUT2D eigenvalue weighted by atomic mass is 10.1. The highest BCUT2D eigenvalue weighted by Crippen LogP contribution is 2.32. The molecular formula is C31H29N3O2S. The second kappa shape index (κ2) is 10.5. The summed E-state index contributed by atoms with van der Waals surface area (Å²) in [5.74, 6) is -0.228. The van der Waals surface area contributed by atoms with E-state index in [0.717, 1.165) is 33.6 Å². The molecule has 0 bridgehead atoms. The Hall–Kier alpha value is -4.03. The normalized spacial score (nSPS) is 12.0. The van der Waals surface area contributed by atoms with Gasteiger partial charge in [-0.25, -0.2) is 0 Å². The minimum Gasteiger partial charge on any atom is -0.341 e. The number of anilines is 2. The molecule has 1 heterocycles. The Morgan fingerprint density at radius 1 is 0.811 bits per heavy atom. The summed E-state index contributed by atoms with van der Waals surface area (Å²) in [5.41, 5.74) is 5.48. The number of para-hydroxylation sites is 1. The van der Waals surface area contributed by atoms with Crippen molar-refractivity contribution in [3.05, 3.63) is 102 Å². The first kappa shape index (κ1) is 24.7. The number of rotatable bonds is 7. The number of hydrogen-bond acceptors (Lipinski definition) is 3. The predicted octanol–water partition coefficient (Wildman–Crippen LogP) is 7.49. The molecule has 2 amide bonds. The first-order chi connectivity index (χ1) is 17.9. The Morgan fingerprint density at radius 3 is 2.38 bits per heavy atom. The Balaban J connectivity index is 1.28. The number of nitrogens with zero attached hydrogens (tertiary/aromatic N) is 1. The molecule has 5 nitrogen and oxygen atoms in total. The number of carbonyl (C=O) groups is 2. The van der Waals surface area contributed by atoms with Crippen molar-refractivity contribution in [1.82, 2.24) is 4.57 Å². The Bertz CT molecular complexity index is 1620. The third-order valence-corrected chi connectivity index (χ3v) is 7.50. The highest BCUT2D eigenvalue weighted by Gasteiger charge is 2.17. The molecule has 0 spiro atoms. The van der Waals surface area contributed by atoms with E-state index in [4.69, 9.17) is 0 Å². The highest BCUT2D eigenvalue weighted by atomic mass is 32.2. The number of carbonyl (C=O) groups excluding carboxylic acids is 2. The summed E-state index contributed by atoms with van der Waals surface area (Å²) in [7, 11) is 0. The quantitative estimate of drug-likeness (QED) is 0.224. The molecule has 0 fully saturated rings. The van der Waals surface area contributed by atoms with Crippen LogP contribution in [-0.4, -0.2) is 21.6 Å². The molecule has 5 aromatic rings. The molecule has 5 rings (SSSR count). The van der Waals surface area contributed by atoms with E-state index < -0.39 is 0 Å². The minimum absolute atomic E-state index is 0.0715. The topological polar surface area (TPSA) is 63.1 Å². The van der Waals surface area contributed by atoms with Crippen LogP contribution in [0.5, 0.6) is 0 Å². The average Bonchev–Trinajstić information content (AvgIpc) is 3.22. The molecule has 0 radical (unpaired) electrons. The predicted molar refractivity (Wildman–Crippen MR) is 155 cm³/mol. The Morgan fingerprint density at radius 2 is 1.57 bits per heavy atom. The van der Waals surface area contributed by atoms with Crippen LogP contribution in [0.25, 0.3) is 21.8 Å². The summed E-state index contributed by atoms with van der Waals surface area (Å²) >= 11 is 1.46. The van der Waals surface area contributed by atoms with E-state index in [-0.39, 0.29) is 17.1 Å². The Labute approximate surface area is 220 Å². The fourth-order valence-electron chi connectivity index (χ4n) is 4.61. The van der Waals surface area contributed by atoms with Gasteiger partial charge < -0.3 is 15.2 Å². The summed E-state index contributed by atoms with van der Waals surface area (Å²) in [5, 5.41) is 8.02. The second-order valence-corrected chi connectivity index (χ2v) is 10.5. The maximum atomic E-state index is 13.1. The number of fused-ring (bicyclic) bond motifs is 3. The largest absolute Gasteiger partial charge is 0.341 e. The molecule has 0 saturated carbocycles. The maximum Gasteiger partial charge on any atom is 0.255 e. The van der Waals surface area contributed by atoms with Gasteiger partial charge in [-0.2, -0.15) is 0 Å². The van der Waals surface area contributed by atoms with Gasteiger partial charge in [0.2, 0.25) is 5.91 Å². The van der Waals surface area contributed by atoms with Crippen molar-refractivity contribution in [3.63, 3.8) is 0 Å². The van der Waals surface area contributed by atoms with Crippen LogP contribution in [0.1, 0.15) is 29.8 Å². The molecule has 1 unspecified atom stereocenters. The van der Waals surface area contributed by atoms with Crippen LogP contribution < -0.4 is 10.6 Å². The van der Waals surface area contributed by atoms with Gasteiger partial charge in [-0.15, -0.1) is 11.8 Å². The van der Waals surface area contributed by atoms with Gasteiger partial charge in [0, 0.05) is 50.2 Å². The van der Waals surface area contributed by atoms with E-state index in [1.807, 2.05) is 68.4 Å². The summed E-state index contributed by atoms with van der Waals surface area (Å²) in [6.07, 6.45) is 0. The molecule has 186 valence electrons. The van der Waals surface area contributed by atoms with E-state index in [9.17, 15) is 9.59 Å². The molecule has 1 aromatic heterocycles. The number of amides is 2. The van der Waals surface area contributed by atoms with E-state index in [0.29, 0.717) is 11.3 Å². The van der Waals surface area contributed by atoms with Gasteiger partial charge in [0.1, 0.15) is 0 Å². The summed E-state index contributed by atoms with van der Waals surface area (Å²) < 4.78 is 2.29. The standard InChI is InChI=1S/C31H29N3O2S/c1-4-34-28-14-6-5-13-26(28)27-19-24(15-16-29(27)34)32-30(35)21(3)37-25-12-8-11-23(18-25)33-31(36)22-10-7-9-20(2)17-22/h5-19,21H,4H2,1-3H3,(H,32,35)(H,33,36). The third kappa shape index (κ3) is 5.25. The molecular weight excluding hydrogens is 478 g/mol. The van der Waals surface area contributed by atoms with Crippen molar-refractivity contribution in [3.8, 4) is 0 Å². The van der Waals surface area contributed by atoms with Gasteiger partial charge in [0.25, 0.3) is 5.91 Å². The van der Waals surface area contributed by atoms with E-state index in [1.165, 1.54) is 22.7 Å². The number of nitrogens with one attached hydrogen (secondary N) is 2. The highest BCUT2D eigenvalue weighted by molar-refractivity contribution is 8.00. The molecule has 37 heavy (non-hydrogen) atoms. The van der Waals surface area contributed by atoms with Crippen LogP contribution >= 0.6 is 11.8 Å². The first-order valence-electron chi connectivity index (χ1n) is 12.4. The van der Waals surface area contributed by atoms with Crippen molar-refractivity contribution in [1.29, 1.82) is 0 Å². The van der Waals surface area contributed by atoms with Crippen LogP contribution in [0.15, 0.2) is 95.9 Å². The molecule has 0 aliphatic carbocycles. The summed E-state index contributed by atoms with van der Waals surface area (Å²) in [6, 6.07) is 29.5. The lowest BCUT2D eigenvalue weighted by Crippen LogP contribution is -2.22. The van der Waals surface area contributed by atoms with E-state index in [2.05, 4.69) is 52.5 Å². The van der Waals surface area contributed by atoms with Gasteiger partial charge in [0.15, 0.2) is 0 Å². The third-order valence-electron chi connectivity index (χ3n) is 6.41. The SMILES string of the molecule is CCn1c2ccccc2c2cc(NC(=O)C(C)Sc3cccc(NC(=O)c4cccc(C)c4)c3)ccc21. The lowest BCUT2D eigenvalue weighted by Gasteiger charge is -2.13. The number of aryl methyl sites for hydroxylation is 2. The van der Waals surface area contributed by atoms with Gasteiger partial charge in [-0.1, -0.05) is 42.0 Å². The molecule has 0 aliphatic heterocycles. The molecule has 1 atom stereocenters. The molecule has 6 heteroatoms. The van der Waals surface area contributed by atoms with Crippen molar-refractivity contribution in [2.75, 3.05) is 10.6 Å². The summed E-state index contributed by atoms with van der Waals surface area (Å²) in [6.45, 7) is 6.87. The number of thioether (sulfide) groups is 1. The van der Waals surface area contributed by atoms with Crippen LogP contribution in [0.2, 0.25) is 0 Å². The molecule has 4 aromatic carbocycles. The van der Waals surface area contributed by atoms with Gasteiger partial charge in [-0.05, 0) is 75.4 Å². The van der Waals surface area contributed by atoms with Crippen molar-refractivity contribution in [2.24, 2.45) is 0 Å². The van der Waals surface area contributed by atoms with E-state index in [1.54, 1.807) is 6.07 Å². The number of hydrogen-bond donors (Lipinski definition) is 2. The summed E-state index contributed by atoms with van der Waals surface area (Å²) in [4.78, 5) is 26.6. The van der Waals surface area contributed by atoms with Gasteiger partial charge in [-0.3, -0.25) is 9.59 Å². The fourth-order valence-corrected chi connectivity index (χ4v) is 5.54. The zero-order valence-electron chi connectivity index (χ0n) is 21.1. The zero-order chi connectivity index (χ0) is 25.9. The van der Waals surface area contributed by atoms with Gasteiger partial charge in [0.05, 0.1) is 5.25 Å². The monoisotopic (exact) mass is 507 g/mol.